The fourth-order valence-electron chi connectivity index (χ4n) is 1.86. The van der Waals surface area contributed by atoms with E-state index in [2.05, 4.69) is 0 Å². The van der Waals surface area contributed by atoms with Crippen LogP contribution in [-0.2, 0) is 16.1 Å². The summed E-state index contributed by atoms with van der Waals surface area (Å²) in [5.41, 5.74) is -3.33. The molecule has 1 heterocycles. The Morgan fingerprint density at radius 3 is 2.44 bits per heavy atom. The maximum absolute atomic E-state index is 12.3. The molecule has 9 heteroatoms. The molecule has 1 aromatic carbocycles. The number of ether oxygens (including phenoxy) is 1. The highest BCUT2D eigenvalue weighted by molar-refractivity contribution is 8.00. The van der Waals surface area contributed by atoms with Crippen LogP contribution in [0.25, 0.3) is 0 Å². The number of benzene rings is 1. The first-order valence-corrected chi connectivity index (χ1v) is 8.78. The van der Waals surface area contributed by atoms with Crippen LogP contribution in [0, 0.1) is 0 Å². The van der Waals surface area contributed by atoms with Gasteiger partial charge in [0, 0.05) is 18.5 Å². The van der Waals surface area contributed by atoms with Crippen molar-refractivity contribution >= 4 is 35.0 Å². The van der Waals surface area contributed by atoms with Crippen LogP contribution in [0.1, 0.15) is 15.9 Å². The molecule has 0 spiro atoms. The van der Waals surface area contributed by atoms with Gasteiger partial charge in [0.25, 0.3) is 5.91 Å². The molecule has 0 saturated heterocycles. The van der Waals surface area contributed by atoms with Gasteiger partial charge in [0.15, 0.2) is 6.61 Å². The summed E-state index contributed by atoms with van der Waals surface area (Å²) in [4.78, 5) is 25.2. The molecule has 0 bridgehead atoms. The molecule has 0 aliphatic carbocycles. The van der Waals surface area contributed by atoms with E-state index in [9.17, 15) is 22.8 Å². The zero-order chi connectivity index (χ0) is 18.4. The number of esters is 1. The van der Waals surface area contributed by atoms with Crippen molar-refractivity contribution in [1.29, 1.82) is 0 Å². The average Bonchev–Trinajstić information content (AvgIpc) is 3.04. The lowest BCUT2D eigenvalue weighted by Crippen LogP contribution is -2.30. The van der Waals surface area contributed by atoms with E-state index in [1.807, 2.05) is 16.8 Å². The Balaban J connectivity index is 1.84. The summed E-state index contributed by atoms with van der Waals surface area (Å²) in [7, 11) is 1.59. The van der Waals surface area contributed by atoms with E-state index in [-0.39, 0.29) is 28.1 Å². The molecule has 2 rings (SSSR count). The molecule has 4 nitrogen and oxygen atoms in total. The maximum atomic E-state index is 12.3. The van der Waals surface area contributed by atoms with Gasteiger partial charge in [-0.15, -0.1) is 0 Å². The zero-order valence-electron chi connectivity index (χ0n) is 13.1. The lowest BCUT2D eigenvalue weighted by atomic mass is 10.2. The topological polar surface area (TPSA) is 46.6 Å². The fraction of sp³-hybridized carbons (Fsp3) is 0.250. The number of nitrogens with zero attached hydrogens (tertiary/aromatic N) is 1. The minimum Gasteiger partial charge on any atom is -0.452 e. The van der Waals surface area contributed by atoms with Gasteiger partial charge >= 0.3 is 11.5 Å². The zero-order valence-corrected chi connectivity index (χ0v) is 14.7. The summed E-state index contributed by atoms with van der Waals surface area (Å²) in [5.74, 6) is -1.13. The minimum absolute atomic E-state index is 0.0318. The van der Waals surface area contributed by atoms with Crippen LogP contribution in [-0.4, -0.2) is 35.9 Å². The number of thiophene rings is 1. The third kappa shape index (κ3) is 6.43. The van der Waals surface area contributed by atoms with Crippen molar-refractivity contribution in [2.75, 3.05) is 13.7 Å². The SMILES string of the molecule is CN(Cc1ccsc1)C(=O)COC(=O)c1ccc(SC(F)(F)F)cc1. The number of amides is 1. The third-order valence-electron chi connectivity index (χ3n) is 3.08. The molecular formula is C16H14F3NO3S2. The van der Waals surface area contributed by atoms with Gasteiger partial charge in [0.1, 0.15) is 0 Å². The third-order valence-corrected chi connectivity index (χ3v) is 4.55. The van der Waals surface area contributed by atoms with Crippen LogP contribution < -0.4 is 0 Å². The van der Waals surface area contributed by atoms with Crippen molar-refractivity contribution < 1.29 is 27.5 Å². The summed E-state index contributed by atoms with van der Waals surface area (Å²) in [6.07, 6.45) is 0. The number of likely N-dealkylation sites (N-methyl/N-ethyl adjacent to an activating group) is 1. The summed E-state index contributed by atoms with van der Waals surface area (Å²) >= 11 is 1.25. The maximum Gasteiger partial charge on any atom is 0.446 e. The monoisotopic (exact) mass is 389 g/mol. The molecule has 1 aromatic heterocycles. The second-order valence-corrected chi connectivity index (χ2v) is 6.95. The first kappa shape index (κ1) is 19.3. The Morgan fingerprint density at radius 2 is 1.88 bits per heavy atom. The van der Waals surface area contributed by atoms with Gasteiger partial charge < -0.3 is 9.64 Å². The van der Waals surface area contributed by atoms with Gasteiger partial charge in [-0.3, -0.25) is 4.79 Å². The summed E-state index contributed by atoms with van der Waals surface area (Å²) in [6, 6.07) is 6.71. The molecule has 134 valence electrons. The molecule has 0 atom stereocenters. The Morgan fingerprint density at radius 1 is 1.20 bits per heavy atom. The first-order chi connectivity index (χ1) is 11.7. The normalized spacial score (nSPS) is 11.2. The predicted molar refractivity (Wildman–Crippen MR) is 89.4 cm³/mol. The van der Waals surface area contributed by atoms with E-state index in [4.69, 9.17) is 4.74 Å². The largest absolute Gasteiger partial charge is 0.452 e. The highest BCUT2D eigenvalue weighted by atomic mass is 32.2. The molecule has 0 aliphatic rings. The number of hydrogen-bond acceptors (Lipinski definition) is 5. The van der Waals surface area contributed by atoms with E-state index < -0.39 is 18.1 Å². The van der Waals surface area contributed by atoms with Gasteiger partial charge in [0.05, 0.1) is 5.56 Å². The number of halogens is 3. The second kappa shape index (κ2) is 8.39. The second-order valence-electron chi connectivity index (χ2n) is 5.03. The van der Waals surface area contributed by atoms with Crippen LogP contribution in [0.3, 0.4) is 0 Å². The van der Waals surface area contributed by atoms with E-state index in [0.29, 0.717) is 6.54 Å². The van der Waals surface area contributed by atoms with Gasteiger partial charge in [-0.1, -0.05) is 0 Å². The Hall–Kier alpha value is -2.00. The molecule has 0 saturated carbocycles. The summed E-state index contributed by atoms with van der Waals surface area (Å²) < 4.78 is 41.7. The van der Waals surface area contributed by atoms with E-state index in [1.165, 1.54) is 40.5 Å². The molecule has 25 heavy (non-hydrogen) atoms. The van der Waals surface area contributed by atoms with E-state index >= 15 is 0 Å². The molecule has 0 radical (unpaired) electrons. The van der Waals surface area contributed by atoms with Crippen molar-refractivity contribution in [3.05, 3.63) is 52.2 Å². The van der Waals surface area contributed by atoms with Crippen LogP contribution in [0.2, 0.25) is 0 Å². The molecule has 0 N–H and O–H groups in total. The molecule has 0 unspecified atom stereocenters. The summed E-state index contributed by atoms with van der Waals surface area (Å²) in [5, 5.41) is 3.81. The van der Waals surface area contributed by atoms with Crippen LogP contribution >= 0.6 is 23.1 Å². The van der Waals surface area contributed by atoms with Crippen molar-refractivity contribution in [3.63, 3.8) is 0 Å². The number of carbonyl (C=O) groups excluding carboxylic acids is 2. The molecule has 2 aromatic rings. The molecular weight excluding hydrogens is 375 g/mol. The van der Waals surface area contributed by atoms with Gasteiger partial charge in [-0.05, 0) is 58.4 Å². The Labute approximate surface area is 150 Å². The van der Waals surface area contributed by atoms with Crippen LogP contribution in [0.4, 0.5) is 13.2 Å². The Kier molecular flexibility index (Phi) is 6.49. The van der Waals surface area contributed by atoms with E-state index in [0.717, 1.165) is 5.56 Å². The number of thioether (sulfide) groups is 1. The van der Waals surface area contributed by atoms with Crippen LogP contribution in [0.15, 0.2) is 46.0 Å². The molecule has 1 amide bonds. The number of alkyl halides is 3. The van der Waals surface area contributed by atoms with Crippen molar-refractivity contribution in [1.82, 2.24) is 4.90 Å². The van der Waals surface area contributed by atoms with Crippen LogP contribution in [0.5, 0.6) is 0 Å². The van der Waals surface area contributed by atoms with E-state index in [1.54, 1.807) is 7.05 Å². The van der Waals surface area contributed by atoms with Gasteiger partial charge in [-0.2, -0.15) is 24.5 Å². The lowest BCUT2D eigenvalue weighted by Gasteiger charge is -2.16. The predicted octanol–water partition coefficient (Wildman–Crippen LogP) is 4.18. The average molecular weight is 389 g/mol. The highest BCUT2D eigenvalue weighted by Gasteiger charge is 2.29. The highest BCUT2D eigenvalue weighted by Crippen LogP contribution is 2.36. The first-order valence-electron chi connectivity index (χ1n) is 7.02. The molecule has 0 fully saturated rings. The summed E-state index contributed by atoms with van der Waals surface area (Å²) in [6.45, 7) is -0.0260. The van der Waals surface area contributed by atoms with Gasteiger partial charge in [-0.25, -0.2) is 4.79 Å². The van der Waals surface area contributed by atoms with Crippen molar-refractivity contribution in [3.8, 4) is 0 Å². The smallest absolute Gasteiger partial charge is 0.446 e. The standard InChI is InChI=1S/C16H14F3NO3S2/c1-20(8-11-6-7-24-10-11)14(21)9-23-15(22)12-2-4-13(5-3-12)25-16(17,18)19/h2-7,10H,8-9H2,1H3. The van der Waals surface area contributed by atoms with Crippen molar-refractivity contribution in [2.45, 2.75) is 16.9 Å². The number of rotatable bonds is 6. The Bertz CT molecular complexity index is 715. The number of hydrogen-bond donors (Lipinski definition) is 0. The quantitative estimate of drug-likeness (QED) is 0.549. The lowest BCUT2D eigenvalue weighted by molar-refractivity contribution is -0.133. The fourth-order valence-corrected chi connectivity index (χ4v) is 3.06. The number of carbonyl (C=O) groups is 2. The molecule has 0 aliphatic heterocycles. The van der Waals surface area contributed by atoms with Gasteiger partial charge in [0.2, 0.25) is 0 Å². The minimum atomic E-state index is -4.39. The van der Waals surface area contributed by atoms with Crippen molar-refractivity contribution in [2.24, 2.45) is 0 Å².